The zero-order chi connectivity index (χ0) is 21.2. The van der Waals surface area contributed by atoms with Crippen molar-refractivity contribution < 1.29 is 0 Å². The number of nitrogens with one attached hydrogen (secondary N) is 2. The molecule has 2 aliphatic heterocycles. The summed E-state index contributed by atoms with van der Waals surface area (Å²) in [4.78, 5) is 10.1. The summed E-state index contributed by atoms with van der Waals surface area (Å²) in [7, 11) is 0. The molecule has 0 aromatic heterocycles. The Bertz CT molecular complexity index is 647. The van der Waals surface area contributed by atoms with Gasteiger partial charge in [0.05, 0.1) is 6.54 Å². The summed E-state index contributed by atoms with van der Waals surface area (Å²) in [5.74, 6) is 0.957. The lowest BCUT2D eigenvalue weighted by Crippen LogP contribution is -2.49. The third kappa shape index (κ3) is 9.26. The number of likely N-dealkylation sites (tertiary alicyclic amines) is 2. The van der Waals surface area contributed by atoms with Crippen LogP contribution in [0, 0.1) is 0 Å². The quantitative estimate of drug-likeness (QED) is 0.301. The van der Waals surface area contributed by atoms with Gasteiger partial charge in [-0.15, -0.1) is 24.0 Å². The Morgan fingerprint density at radius 3 is 2.35 bits per heavy atom. The van der Waals surface area contributed by atoms with Crippen LogP contribution in [0.2, 0.25) is 0 Å². The van der Waals surface area contributed by atoms with Crippen molar-refractivity contribution in [2.75, 3.05) is 32.7 Å². The molecule has 2 N–H and O–H groups in total. The Labute approximate surface area is 207 Å². The van der Waals surface area contributed by atoms with Gasteiger partial charge < -0.3 is 15.5 Å². The number of benzene rings is 1. The van der Waals surface area contributed by atoms with Crippen LogP contribution in [0.1, 0.15) is 70.4 Å². The maximum Gasteiger partial charge on any atom is 0.191 e. The monoisotopic (exact) mass is 541 g/mol. The van der Waals surface area contributed by atoms with Crippen molar-refractivity contribution in [3.05, 3.63) is 35.4 Å². The summed E-state index contributed by atoms with van der Waals surface area (Å²) in [6, 6.07) is 10.2. The van der Waals surface area contributed by atoms with E-state index in [0.717, 1.165) is 25.6 Å². The summed E-state index contributed by atoms with van der Waals surface area (Å²) in [6.45, 7) is 14.3. The lowest BCUT2D eigenvalue weighted by molar-refractivity contribution is 0.167. The average Bonchev–Trinajstić information content (AvgIpc) is 3.01. The Morgan fingerprint density at radius 1 is 1.03 bits per heavy atom. The van der Waals surface area contributed by atoms with E-state index in [9.17, 15) is 0 Å². The number of nitrogens with zero attached hydrogens (tertiary/aromatic N) is 3. The maximum atomic E-state index is 4.90. The summed E-state index contributed by atoms with van der Waals surface area (Å²) < 4.78 is 0. The van der Waals surface area contributed by atoms with Gasteiger partial charge in [0.15, 0.2) is 5.96 Å². The highest BCUT2D eigenvalue weighted by Gasteiger charge is 2.21. The van der Waals surface area contributed by atoms with Crippen LogP contribution in [0.4, 0.5) is 0 Å². The highest BCUT2D eigenvalue weighted by atomic mass is 127. The number of rotatable bonds is 7. The Balaban J connectivity index is 0.00000341. The maximum absolute atomic E-state index is 4.90. The minimum atomic E-state index is 0. The number of halogens is 1. The molecule has 5 nitrogen and oxygen atoms in total. The number of hydrogen-bond acceptors (Lipinski definition) is 3. The molecule has 0 radical (unpaired) electrons. The molecular formula is C25H44IN5. The molecule has 2 saturated heterocycles. The van der Waals surface area contributed by atoms with Crippen molar-refractivity contribution in [1.82, 2.24) is 20.4 Å². The number of piperidine rings is 1. The van der Waals surface area contributed by atoms with Gasteiger partial charge in [-0.2, -0.15) is 0 Å². The second kappa shape index (κ2) is 14.3. The van der Waals surface area contributed by atoms with Gasteiger partial charge in [0.1, 0.15) is 0 Å². The molecule has 0 aliphatic carbocycles. The minimum Gasteiger partial charge on any atom is -0.357 e. The zero-order valence-electron chi connectivity index (χ0n) is 19.9. The smallest absolute Gasteiger partial charge is 0.191 e. The molecule has 3 rings (SSSR count). The molecule has 31 heavy (non-hydrogen) atoms. The van der Waals surface area contributed by atoms with Crippen LogP contribution in [0.25, 0.3) is 0 Å². The Morgan fingerprint density at radius 2 is 1.71 bits per heavy atom. The van der Waals surface area contributed by atoms with Crippen LogP contribution >= 0.6 is 24.0 Å². The highest BCUT2D eigenvalue weighted by molar-refractivity contribution is 14.0. The predicted molar refractivity (Wildman–Crippen MR) is 143 cm³/mol. The van der Waals surface area contributed by atoms with Gasteiger partial charge in [-0.3, -0.25) is 4.90 Å². The van der Waals surface area contributed by atoms with Gasteiger partial charge >= 0.3 is 0 Å². The van der Waals surface area contributed by atoms with Gasteiger partial charge in [0.2, 0.25) is 0 Å². The van der Waals surface area contributed by atoms with Crippen molar-refractivity contribution >= 4 is 29.9 Å². The fourth-order valence-electron chi connectivity index (χ4n) is 4.62. The Hall–Kier alpha value is -0.860. The van der Waals surface area contributed by atoms with E-state index in [1.54, 1.807) is 0 Å². The highest BCUT2D eigenvalue weighted by Crippen LogP contribution is 2.15. The van der Waals surface area contributed by atoms with E-state index in [2.05, 4.69) is 65.5 Å². The topological polar surface area (TPSA) is 42.9 Å². The molecule has 0 saturated carbocycles. The first-order chi connectivity index (χ1) is 14.6. The third-order valence-corrected chi connectivity index (χ3v) is 6.46. The molecule has 0 spiro atoms. The van der Waals surface area contributed by atoms with E-state index in [4.69, 9.17) is 4.99 Å². The van der Waals surface area contributed by atoms with E-state index < -0.39 is 0 Å². The summed E-state index contributed by atoms with van der Waals surface area (Å²) in [6.07, 6.45) is 7.85. The van der Waals surface area contributed by atoms with Crippen LogP contribution in [0.5, 0.6) is 0 Å². The molecule has 0 unspecified atom stereocenters. The van der Waals surface area contributed by atoms with Gasteiger partial charge in [0, 0.05) is 38.3 Å². The van der Waals surface area contributed by atoms with Crippen LogP contribution in [-0.2, 0) is 13.1 Å². The molecule has 6 heteroatoms. The second-order valence-electron chi connectivity index (χ2n) is 9.25. The van der Waals surface area contributed by atoms with Crippen molar-refractivity contribution in [2.45, 2.75) is 84.5 Å². The fourth-order valence-corrected chi connectivity index (χ4v) is 4.62. The molecule has 0 bridgehead atoms. The molecule has 0 amide bonds. The van der Waals surface area contributed by atoms with Crippen molar-refractivity contribution in [3.63, 3.8) is 0 Å². The fraction of sp³-hybridized carbons (Fsp3) is 0.720. The van der Waals surface area contributed by atoms with Crippen molar-refractivity contribution in [2.24, 2.45) is 4.99 Å². The van der Waals surface area contributed by atoms with Gasteiger partial charge in [0.25, 0.3) is 0 Å². The van der Waals surface area contributed by atoms with E-state index in [-0.39, 0.29) is 24.0 Å². The Kier molecular flexibility index (Phi) is 12.2. The van der Waals surface area contributed by atoms with Gasteiger partial charge in [-0.05, 0) is 70.7 Å². The molecule has 176 valence electrons. The lowest BCUT2D eigenvalue weighted by Gasteiger charge is -2.35. The van der Waals surface area contributed by atoms with Gasteiger partial charge in [-0.1, -0.05) is 37.1 Å². The van der Waals surface area contributed by atoms with Crippen molar-refractivity contribution in [1.29, 1.82) is 0 Å². The van der Waals surface area contributed by atoms with Gasteiger partial charge in [-0.25, -0.2) is 4.99 Å². The number of aliphatic imine (C=N–C) groups is 1. The summed E-state index contributed by atoms with van der Waals surface area (Å²) in [5, 5.41) is 7.12. The normalized spacial score (nSPS) is 19.7. The molecule has 0 atom stereocenters. The molecule has 2 fully saturated rings. The number of hydrogen-bond donors (Lipinski definition) is 2. The summed E-state index contributed by atoms with van der Waals surface area (Å²) >= 11 is 0. The zero-order valence-corrected chi connectivity index (χ0v) is 22.2. The van der Waals surface area contributed by atoms with Crippen LogP contribution in [0.15, 0.2) is 29.3 Å². The van der Waals surface area contributed by atoms with E-state index >= 15 is 0 Å². The standard InChI is InChI=1S/C25H43N5.HI/c1-4-26-25(28-24-12-16-30(17-13-24)21(2)3)27-19-22-10-9-11-23(18-22)20-29-14-7-5-6-8-15-29;/h9-11,18,21,24H,4-8,12-17,19-20H2,1-3H3,(H2,26,27,28);1H. The summed E-state index contributed by atoms with van der Waals surface area (Å²) in [5.41, 5.74) is 2.72. The first kappa shape index (κ1) is 26.4. The first-order valence-corrected chi connectivity index (χ1v) is 12.2. The van der Waals surface area contributed by atoms with Crippen molar-refractivity contribution in [3.8, 4) is 0 Å². The first-order valence-electron chi connectivity index (χ1n) is 12.2. The largest absolute Gasteiger partial charge is 0.357 e. The van der Waals surface area contributed by atoms with E-state index in [0.29, 0.717) is 12.1 Å². The SMILES string of the molecule is CCNC(=NCc1cccc(CN2CCCCCC2)c1)NC1CCN(C(C)C)CC1.I. The van der Waals surface area contributed by atoms with Crippen LogP contribution in [-0.4, -0.2) is 60.6 Å². The number of guanidine groups is 1. The predicted octanol–water partition coefficient (Wildman–Crippen LogP) is 4.61. The van der Waals surface area contributed by atoms with Crippen LogP contribution < -0.4 is 10.6 Å². The van der Waals surface area contributed by atoms with E-state index in [1.165, 1.54) is 75.8 Å². The molecule has 2 heterocycles. The second-order valence-corrected chi connectivity index (χ2v) is 9.25. The minimum absolute atomic E-state index is 0. The van der Waals surface area contributed by atoms with E-state index in [1.807, 2.05) is 0 Å². The third-order valence-electron chi connectivity index (χ3n) is 6.46. The lowest BCUT2D eigenvalue weighted by atomic mass is 10.0. The molecule has 1 aromatic rings. The molecular weight excluding hydrogens is 497 g/mol. The molecule has 1 aromatic carbocycles. The average molecular weight is 542 g/mol. The molecule has 2 aliphatic rings. The van der Waals surface area contributed by atoms with Crippen LogP contribution in [0.3, 0.4) is 0 Å².